The summed E-state index contributed by atoms with van der Waals surface area (Å²) in [4.78, 5) is 11.3. The number of nitrogens with zero attached hydrogens (tertiary/aromatic N) is 2. The van der Waals surface area contributed by atoms with Crippen molar-refractivity contribution in [1.29, 1.82) is 0 Å². The van der Waals surface area contributed by atoms with Gasteiger partial charge in [-0.2, -0.15) is 5.10 Å². The van der Waals surface area contributed by atoms with Gasteiger partial charge in [-0.3, -0.25) is 4.68 Å². The normalized spacial score (nSPS) is 14.0. The second-order valence-electron chi connectivity index (χ2n) is 5.47. The van der Waals surface area contributed by atoms with E-state index in [1.807, 2.05) is 32.0 Å². The molecule has 6 heteroatoms. The van der Waals surface area contributed by atoms with Gasteiger partial charge < -0.3 is 14.6 Å². The number of benzene rings is 1. The molecule has 0 fully saturated rings. The van der Waals surface area contributed by atoms with E-state index in [-0.39, 0.29) is 11.7 Å². The Morgan fingerprint density at radius 1 is 1.23 bits per heavy atom. The molecule has 0 bridgehead atoms. The summed E-state index contributed by atoms with van der Waals surface area (Å²) in [5.41, 5.74) is 1.60. The van der Waals surface area contributed by atoms with Crippen molar-refractivity contribution in [3.8, 4) is 22.8 Å². The van der Waals surface area contributed by atoms with E-state index >= 15 is 0 Å². The molecule has 2 aromatic rings. The number of carbonyl (C=O) groups is 1. The highest BCUT2D eigenvalue weighted by molar-refractivity contribution is 5.87. The van der Waals surface area contributed by atoms with Gasteiger partial charge in [0.05, 0.1) is 18.9 Å². The van der Waals surface area contributed by atoms with Crippen LogP contribution in [0.1, 0.15) is 36.8 Å². The lowest BCUT2D eigenvalue weighted by Gasteiger charge is -2.09. The minimum absolute atomic E-state index is 0.0275. The monoisotopic (exact) mass is 302 g/mol. The van der Waals surface area contributed by atoms with Crippen LogP contribution in [0, 0.1) is 0 Å². The molecule has 0 spiro atoms. The zero-order valence-electron chi connectivity index (χ0n) is 12.6. The first kappa shape index (κ1) is 14.4. The minimum atomic E-state index is -0.984. The van der Waals surface area contributed by atoms with Crippen LogP contribution in [0.15, 0.2) is 24.3 Å². The Morgan fingerprint density at radius 3 is 2.59 bits per heavy atom. The second kappa shape index (κ2) is 5.71. The van der Waals surface area contributed by atoms with Crippen LogP contribution in [0.4, 0.5) is 0 Å². The van der Waals surface area contributed by atoms with Crippen LogP contribution < -0.4 is 9.47 Å². The van der Waals surface area contributed by atoms with Gasteiger partial charge in [0.15, 0.2) is 11.5 Å². The molecule has 0 atom stereocenters. The zero-order valence-corrected chi connectivity index (χ0v) is 12.6. The van der Waals surface area contributed by atoms with Crippen molar-refractivity contribution in [2.45, 2.75) is 26.3 Å². The lowest BCUT2D eigenvalue weighted by molar-refractivity contribution is 0.0681. The summed E-state index contributed by atoms with van der Waals surface area (Å²) in [5.74, 6) is 0.399. The number of aromatic carboxylic acids is 1. The summed E-state index contributed by atoms with van der Waals surface area (Å²) in [7, 11) is 0. The highest BCUT2D eigenvalue weighted by Crippen LogP contribution is 2.34. The summed E-state index contributed by atoms with van der Waals surface area (Å²) in [6.45, 7) is 5.04. The van der Waals surface area contributed by atoms with E-state index in [2.05, 4.69) is 5.10 Å². The maximum absolute atomic E-state index is 11.3. The molecule has 0 unspecified atom stereocenters. The van der Waals surface area contributed by atoms with Crippen molar-refractivity contribution in [2.75, 3.05) is 13.2 Å². The molecule has 1 aromatic carbocycles. The maximum Gasteiger partial charge on any atom is 0.354 e. The van der Waals surface area contributed by atoms with Crippen LogP contribution in [-0.2, 0) is 0 Å². The molecule has 1 aromatic heterocycles. The first-order chi connectivity index (χ1) is 10.6. The zero-order chi connectivity index (χ0) is 15.7. The molecular weight excluding hydrogens is 284 g/mol. The molecule has 0 saturated carbocycles. The predicted molar refractivity (Wildman–Crippen MR) is 80.6 cm³/mol. The van der Waals surface area contributed by atoms with E-state index in [0.29, 0.717) is 30.4 Å². The third kappa shape index (κ3) is 2.64. The van der Waals surface area contributed by atoms with E-state index in [1.165, 1.54) is 4.68 Å². The van der Waals surface area contributed by atoms with Gasteiger partial charge in [-0.05, 0) is 38.1 Å². The van der Waals surface area contributed by atoms with Crippen LogP contribution in [0.5, 0.6) is 11.5 Å². The molecular formula is C16H18N2O4. The molecule has 0 amide bonds. The van der Waals surface area contributed by atoms with Gasteiger partial charge in [-0.1, -0.05) is 0 Å². The number of carboxylic acid groups (broad SMARTS) is 1. The van der Waals surface area contributed by atoms with Crippen molar-refractivity contribution >= 4 is 5.97 Å². The average Bonchev–Trinajstić information content (AvgIpc) is 2.81. The average molecular weight is 302 g/mol. The van der Waals surface area contributed by atoms with Gasteiger partial charge in [0.2, 0.25) is 0 Å². The van der Waals surface area contributed by atoms with Crippen LogP contribution in [-0.4, -0.2) is 34.1 Å². The molecule has 116 valence electrons. The molecule has 6 nitrogen and oxygen atoms in total. The standard InChI is InChI=1S/C16H18N2O4/c1-10(2)18-13(16(19)20)9-12(17-18)11-4-5-14-15(8-11)22-7-3-6-21-14/h4-5,8-10H,3,6-7H2,1-2H3,(H,19,20). The van der Waals surface area contributed by atoms with Crippen LogP contribution in [0.25, 0.3) is 11.3 Å². The van der Waals surface area contributed by atoms with Crippen LogP contribution in [0.3, 0.4) is 0 Å². The quantitative estimate of drug-likeness (QED) is 0.943. The van der Waals surface area contributed by atoms with Crippen molar-refractivity contribution in [3.63, 3.8) is 0 Å². The molecule has 1 N–H and O–H groups in total. The molecule has 0 saturated heterocycles. The molecule has 22 heavy (non-hydrogen) atoms. The van der Waals surface area contributed by atoms with Crippen molar-refractivity contribution in [2.24, 2.45) is 0 Å². The molecule has 0 radical (unpaired) electrons. The highest BCUT2D eigenvalue weighted by Gasteiger charge is 2.18. The van der Waals surface area contributed by atoms with Crippen LogP contribution in [0.2, 0.25) is 0 Å². The summed E-state index contributed by atoms with van der Waals surface area (Å²) in [6, 6.07) is 7.11. The van der Waals surface area contributed by atoms with E-state index < -0.39 is 5.97 Å². The fourth-order valence-corrected chi connectivity index (χ4v) is 2.41. The number of hydrogen-bond donors (Lipinski definition) is 1. The van der Waals surface area contributed by atoms with Gasteiger partial charge in [-0.25, -0.2) is 4.79 Å². The number of aromatic nitrogens is 2. The largest absolute Gasteiger partial charge is 0.490 e. The number of carboxylic acids is 1. The Labute approximate surface area is 128 Å². The number of fused-ring (bicyclic) bond motifs is 1. The summed E-state index contributed by atoms with van der Waals surface area (Å²) in [6.07, 6.45) is 0.842. The molecule has 1 aliphatic heterocycles. The summed E-state index contributed by atoms with van der Waals surface area (Å²) < 4.78 is 12.8. The Hall–Kier alpha value is -2.50. The summed E-state index contributed by atoms with van der Waals surface area (Å²) in [5, 5.41) is 13.7. The highest BCUT2D eigenvalue weighted by atomic mass is 16.5. The Bertz CT molecular complexity index is 706. The Balaban J connectivity index is 2.02. The number of ether oxygens (including phenoxy) is 2. The van der Waals surface area contributed by atoms with Crippen molar-refractivity contribution in [3.05, 3.63) is 30.0 Å². The number of hydrogen-bond acceptors (Lipinski definition) is 4. The second-order valence-corrected chi connectivity index (χ2v) is 5.47. The van der Waals surface area contributed by atoms with Crippen molar-refractivity contribution < 1.29 is 19.4 Å². The van der Waals surface area contributed by atoms with E-state index in [4.69, 9.17) is 9.47 Å². The van der Waals surface area contributed by atoms with Gasteiger partial charge in [0.1, 0.15) is 5.69 Å². The predicted octanol–water partition coefficient (Wildman–Crippen LogP) is 2.99. The molecule has 0 aliphatic carbocycles. The lowest BCUT2D eigenvalue weighted by Crippen LogP contribution is -2.11. The van der Waals surface area contributed by atoms with E-state index in [9.17, 15) is 9.90 Å². The topological polar surface area (TPSA) is 73.6 Å². The fourth-order valence-electron chi connectivity index (χ4n) is 2.41. The minimum Gasteiger partial charge on any atom is -0.490 e. The first-order valence-corrected chi connectivity index (χ1v) is 7.29. The SMILES string of the molecule is CC(C)n1nc(-c2ccc3c(c2)OCCCO3)cc1C(=O)O. The Morgan fingerprint density at radius 2 is 1.95 bits per heavy atom. The van der Waals surface area contributed by atoms with E-state index in [0.717, 1.165) is 12.0 Å². The third-order valence-electron chi connectivity index (χ3n) is 3.49. The molecule has 2 heterocycles. The first-order valence-electron chi connectivity index (χ1n) is 7.29. The maximum atomic E-state index is 11.3. The van der Waals surface area contributed by atoms with Crippen molar-refractivity contribution in [1.82, 2.24) is 9.78 Å². The lowest BCUT2D eigenvalue weighted by atomic mass is 10.1. The van der Waals surface area contributed by atoms with E-state index in [1.54, 1.807) is 6.07 Å². The number of rotatable bonds is 3. The van der Waals surface area contributed by atoms with Gasteiger partial charge in [0.25, 0.3) is 0 Å². The van der Waals surface area contributed by atoms with Gasteiger partial charge in [-0.15, -0.1) is 0 Å². The third-order valence-corrected chi connectivity index (χ3v) is 3.49. The Kier molecular flexibility index (Phi) is 3.75. The van der Waals surface area contributed by atoms with Gasteiger partial charge >= 0.3 is 5.97 Å². The summed E-state index contributed by atoms with van der Waals surface area (Å²) >= 11 is 0. The smallest absolute Gasteiger partial charge is 0.354 e. The fraction of sp³-hybridized carbons (Fsp3) is 0.375. The van der Waals surface area contributed by atoms with Crippen LogP contribution >= 0.6 is 0 Å². The van der Waals surface area contributed by atoms with Gasteiger partial charge in [0, 0.05) is 18.0 Å². The molecule has 1 aliphatic rings. The molecule has 3 rings (SSSR count).